The maximum Gasteiger partial charge on any atom is 0.343 e. The van der Waals surface area contributed by atoms with Gasteiger partial charge in [0.1, 0.15) is 5.75 Å². The zero-order chi connectivity index (χ0) is 22.9. The van der Waals surface area contributed by atoms with Gasteiger partial charge in [-0.2, -0.15) is 0 Å². The first-order chi connectivity index (χ1) is 16.0. The Balaban J connectivity index is 1.23. The SMILES string of the molecule is COC(=O)c1ccc(OC(=O)c2cccc(N3C(=O)[C@@H]4[C@H]5C=C[C@@H]([C@@H]6C[C@H]56)[C@@H]4C3=O)c2)cc1. The fraction of sp³-hybridized carbons (Fsp3) is 0.308. The highest BCUT2D eigenvalue weighted by Gasteiger charge is 2.67. The molecule has 4 aliphatic carbocycles. The minimum absolute atomic E-state index is 0.146. The van der Waals surface area contributed by atoms with Gasteiger partial charge < -0.3 is 9.47 Å². The van der Waals surface area contributed by atoms with Crippen LogP contribution in [-0.4, -0.2) is 30.9 Å². The topological polar surface area (TPSA) is 90.0 Å². The van der Waals surface area contributed by atoms with E-state index in [1.807, 2.05) is 0 Å². The van der Waals surface area contributed by atoms with Crippen molar-refractivity contribution in [3.8, 4) is 5.75 Å². The fourth-order valence-electron chi connectivity index (χ4n) is 5.93. The number of carbonyl (C=O) groups excluding carboxylic acids is 4. The smallest absolute Gasteiger partial charge is 0.343 e. The molecule has 7 heteroatoms. The molecular weight excluding hydrogens is 422 g/mol. The summed E-state index contributed by atoms with van der Waals surface area (Å²) in [5.41, 5.74) is 0.958. The van der Waals surface area contributed by atoms with Crippen LogP contribution in [0.1, 0.15) is 27.1 Å². The number of allylic oxidation sites excluding steroid dienone is 2. The van der Waals surface area contributed by atoms with E-state index in [1.165, 1.54) is 42.3 Å². The molecule has 7 nitrogen and oxygen atoms in total. The third kappa shape index (κ3) is 2.95. The van der Waals surface area contributed by atoms with Crippen LogP contribution < -0.4 is 9.64 Å². The quantitative estimate of drug-likeness (QED) is 0.312. The molecule has 2 aromatic rings. The van der Waals surface area contributed by atoms with E-state index < -0.39 is 11.9 Å². The molecule has 166 valence electrons. The molecule has 2 amide bonds. The molecule has 7 rings (SSSR count). The lowest BCUT2D eigenvalue weighted by molar-refractivity contribution is -0.124. The van der Waals surface area contributed by atoms with Crippen LogP contribution in [0.4, 0.5) is 5.69 Å². The van der Waals surface area contributed by atoms with E-state index in [1.54, 1.807) is 18.2 Å². The number of nitrogens with zero attached hydrogens (tertiary/aromatic N) is 1. The van der Waals surface area contributed by atoms with Crippen LogP contribution in [0.15, 0.2) is 60.7 Å². The summed E-state index contributed by atoms with van der Waals surface area (Å²) < 4.78 is 10.1. The first kappa shape index (κ1) is 19.9. The second-order valence-corrected chi connectivity index (χ2v) is 9.12. The van der Waals surface area contributed by atoms with E-state index in [9.17, 15) is 19.2 Å². The number of amides is 2. The van der Waals surface area contributed by atoms with Crippen molar-refractivity contribution in [2.75, 3.05) is 12.0 Å². The van der Waals surface area contributed by atoms with Gasteiger partial charge in [0.15, 0.2) is 0 Å². The Bertz CT molecular complexity index is 1200. The second-order valence-electron chi connectivity index (χ2n) is 9.12. The van der Waals surface area contributed by atoms with Gasteiger partial charge in [-0.1, -0.05) is 18.2 Å². The zero-order valence-corrected chi connectivity index (χ0v) is 17.8. The molecule has 6 atom stereocenters. The zero-order valence-electron chi connectivity index (χ0n) is 17.8. The fourth-order valence-corrected chi connectivity index (χ4v) is 5.93. The van der Waals surface area contributed by atoms with Gasteiger partial charge in [0.05, 0.1) is 35.8 Å². The van der Waals surface area contributed by atoms with E-state index >= 15 is 0 Å². The van der Waals surface area contributed by atoms with Gasteiger partial charge in [0, 0.05) is 0 Å². The average Bonchev–Trinajstić information content (AvgIpc) is 3.62. The van der Waals surface area contributed by atoms with Crippen LogP contribution in [0.2, 0.25) is 0 Å². The maximum atomic E-state index is 13.3. The summed E-state index contributed by atoms with van der Waals surface area (Å²) in [5.74, 6) is -0.407. The van der Waals surface area contributed by atoms with Crippen molar-refractivity contribution in [1.29, 1.82) is 0 Å². The molecule has 2 aromatic carbocycles. The standard InChI is InChI=1S/C26H21NO6/c1-32-25(30)13-5-7-16(8-6-13)33-26(31)14-3-2-4-15(11-14)27-23(28)21-17-9-10-18(20-12-19(17)20)22(21)24(27)29/h2-11,17-22H,12H2,1H3/t17-,18-,19-,20+,21-,22+/m0/s1. The van der Waals surface area contributed by atoms with Crippen molar-refractivity contribution in [1.82, 2.24) is 0 Å². The number of hydrogen-bond donors (Lipinski definition) is 0. The van der Waals surface area contributed by atoms with Crippen LogP contribution in [0.5, 0.6) is 5.75 Å². The molecule has 1 saturated heterocycles. The molecule has 0 spiro atoms. The summed E-state index contributed by atoms with van der Waals surface area (Å²) in [7, 11) is 1.29. The van der Waals surface area contributed by atoms with Crippen LogP contribution >= 0.6 is 0 Å². The molecule has 0 radical (unpaired) electrons. The van der Waals surface area contributed by atoms with Gasteiger partial charge in [0.25, 0.3) is 0 Å². The van der Waals surface area contributed by atoms with E-state index in [0.29, 0.717) is 23.1 Å². The molecule has 0 unspecified atom stereocenters. The molecule has 0 N–H and O–H groups in total. The minimum atomic E-state index is -0.623. The largest absolute Gasteiger partial charge is 0.465 e. The van der Waals surface area contributed by atoms with Crippen molar-refractivity contribution in [3.05, 3.63) is 71.8 Å². The number of carbonyl (C=O) groups is 4. The summed E-state index contributed by atoms with van der Waals surface area (Å²) in [5, 5.41) is 0. The summed E-state index contributed by atoms with van der Waals surface area (Å²) in [6, 6.07) is 12.4. The third-order valence-electron chi connectivity index (χ3n) is 7.49. The summed E-state index contributed by atoms with van der Waals surface area (Å²) in [6.07, 6.45) is 5.37. The number of methoxy groups -OCH3 is 1. The number of esters is 2. The van der Waals surface area contributed by atoms with Crippen molar-refractivity contribution in [2.24, 2.45) is 35.5 Å². The lowest BCUT2D eigenvalue weighted by Crippen LogP contribution is -2.40. The lowest BCUT2D eigenvalue weighted by Gasteiger charge is -2.37. The molecule has 2 bridgehead atoms. The molecular formula is C26H21NO6. The van der Waals surface area contributed by atoms with Crippen molar-refractivity contribution < 1.29 is 28.7 Å². The van der Waals surface area contributed by atoms with Gasteiger partial charge in [-0.15, -0.1) is 0 Å². The predicted octanol–water partition coefficient (Wildman–Crippen LogP) is 3.25. The summed E-state index contributed by atoms with van der Waals surface area (Å²) >= 11 is 0. The normalized spacial score (nSPS) is 30.6. The highest BCUT2D eigenvalue weighted by atomic mass is 16.5. The highest BCUT2D eigenvalue weighted by molar-refractivity contribution is 6.23. The van der Waals surface area contributed by atoms with E-state index in [4.69, 9.17) is 4.74 Å². The van der Waals surface area contributed by atoms with Crippen LogP contribution in [-0.2, 0) is 14.3 Å². The molecule has 1 aliphatic heterocycles. The van der Waals surface area contributed by atoms with Gasteiger partial charge in [-0.25, -0.2) is 14.5 Å². The monoisotopic (exact) mass is 443 g/mol. The van der Waals surface area contributed by atoms with Crippen molar-refractivity contribution >= 4 is 29.4 Å². The Kier molecular flexibility index (Phi) is 4.30. The first-order valence-corrected chi connectivity index (χ1v) is 11.0. The minimum Gasteiger partial charge on any atom is -0.465 e. The van der Waals surface area contributed by atoms with Crippen molar-refractivity contribution in [3.63, 3.8) is 0 Å². The third-order valence-corrected chi connectivity index (χ3v) is 7.49. The van der Waals surface area contributed by atoms with E-state index in [2.05, 4.69) is 16.9 Å². The number of anilines is 1. The second kappa shape index (κ2) is 7.13. The summed E-state index contributed by atoms with van der Waals surface area (Å²) in [6.45, 7) is 0. The predicted molar refractivity (Wildman–Crippen MR) is 116 cm³/mol. The maximum absolute atomic E-state index is 13.3. The van der Waals surface area contributed by atoms with Gasteiger partial charge >= 0.3 is 11.9 Å². The van der Waals surface area contributed by atoms with Gasteiger partial charge in [-0.05, 0) is 72.6 Å². The lowest BCUT2D eigenvalue weighted by atomic mass is 9.63. The van der Waals surface area contributed by atoms with Crippen LogP contribution in [0, 0.1) is 35.5 Å². The molecule has 1 heterocycles. The first-order valence-electron chi connectivity index (χ1n) is 11.0. The van der Waals surface area contributed by atoms with Gasteiger partial charge in [0.2, 0.25) is 11.8 Å². The van der Waals surface area contributed by atoms with Crippen molar-refractivity contribution in [2.45, 2.75) is 6.42 Å². The Labute approximate surface area is 190 Å². The van der Waals surface area contributed by atoms with Crippen LogP contribution in [0.3, 0.4) is 0 Å². The Morgan fingerprint density at radius 2 is 1.48 bits per heavy atom. The highest BCUT2D eigenvalue weighted by Crippen LogP contribution is 2.65. The molecule has 33 heavy (non-hydrogen) atoms. The number of benzene rings is 2. The number of ether oxygens (including phenoxy) is 2. The molecule has 2 saturated carbocycles. The number of imide groups is 1. The van der Waals surface area contributed by atoms with Crippen LogP contribution in [0.25, 0.3) is 0 Å². The molecule has 0 aromatic heterocycles. The van der Waals surface area contributed by atoms with E-state index in [0.717, 1.165) is 6.42 Å². The Morgan fingerprint density at radius 3 is 2.09 bits per heavy atom. The summed E-state index contributed by atoms with van der Waals surface area (Å²) in [4.78, 5) is 52.1. The Hall–Kier alpha value is -3.74. The Morgan fingerprint density at radius 1 is 0.848 bits per heavy atom. The van der Waals surface area contributed by atoms with Gasteiger partial charge in [-0.3, -0.25) is 9.59 Å². The molecule has 3 fully saturated rings. The molecule has 5 aliphatic rings. The number of rotatable bonds is 4. The van der Waals surface area contributed by atoms with E-state index in [-0.39, 0.29) is 46.8 Å². The average molecular weight is 443 g/mol. The number of hydrogen-bond acceptors (Lipinski definition) is 6.